The van der Waals surface area contributed by atoms with Crippen LogP contribution in [0.3, 0.4) is 0 Å². The first kappa shape index (κ1) is 11.2. The maximum absolute atomic E-state index is 11.7. The number of benzene rings is 1. The number of hydrogen-bond donors (Lipinski definition) is 0. The van der Waals surface area contributed by atoms with E-state index in [4.69, 9.17) is 9.05 Å². The second-order valence-electron chi connectivity index (χ2n) is 2.22. The number of hydrogen-bond acceptors (Lipinski definition) is 3. The molecule has 0 aliphatic rings. The summed E-state index contributed by atoms with van der Waals surface area (Å²) in [5.74, 6) is 0. The zero-order valence-corrected chi connectivity index (χ0v) is 10.7. The molecule has 0 fully saturated rings. The second-order valence-corrected chi connectivity index (χ2v) is 10.8. The molecule has 13 heavy (non-hydrogen) atoms. The van der Waals surface area contributed by atoms with Crippen LogP contribution in [0.15, 0.2) is 30.3 Å². The van der Waals surface area contributed by atoms with Gasteiger partial charge in [0.2, 0.25) is 0 Å². The molecule has 0 unspecified atom stereocenters. The molecular formula is C8H11O3PTe. The Morgan fingerprint density at radius 1 is 1.15 bits per heavy atom. The van der Waals surface area contributed by atoms with Crippen molar-refractivity contribution < 1.29 is 13.6 Å². The van der Waals surface area contributed by atoms with Crippen molar-refractivity contribution >= 4 is 29.3 Å². The third-order valence-electron chi connectivity index (χ3n) is 1.41. The van der Waals surface area contributed by atoms with Crippen molar-refractivity contribution in [2.75, 3.05) is 14.2 Å². The van der Waals surface area contributed by atoms with Crippen molar-refractivity contribution in [3.63, 3.8) is 0 Å². The van der Waals surface area contributed by atoms with Crippen molar-refractivity contribution in [1.29, 1.82) is 0 Å². The van der Waals surface area contributed by atoms with Gasteiger partial charge >= 0.3 is 87.4 Å². The van der Waals surface area contributed by atoms with E-state index in [0.29, 0.717) is 0 Å². The predicted octanol–water partition coefficient (Wildman–Crippen LogP) is 1.42. The van der Waals surface area contributed by atoms with Gasteiger partial charge in [0.05, 0.1) is 0 Å². The van der Waals surface area contributed by atoms with Gasteiger partial charge in [-0.1, -0.05) is 0 Å². The minimum absolute atomic E-state index is 0.899. The molecule has 1 aromatic rings. The Kier molecular flexibility index (Phi) is 4.44. The van der Waals surface area contributed by atoms with Gasteiger partial charge in [0, 0.05) is 0 Å². The summed E-state index contributed by atoms with van der Waals surface area (Å²) < 4.78 is 22.6. The fourth-order valence-electron chi connectivity index (χ4n) is 0.760. The molecule has 0 N–H and O–H groups in total. The van der Waals surface area contributed by atoms with Gasteiger partial charge in [0.15, 0.2) is 0 Å². The van der Waals surface area contributed by atoms with Crippen LogP contribution in [0.2, 0.25) is 0 Å². The molecule has 0 saturated carbocycles. The minimum atomic E-state index is -2.77. The van der Waals surface area contributed by atoms with Crippen molar-refractivity contribution in [3.8, 4) is 0 Å². The molecule has 1 rings (SSSR count). The fourth-order valence-corrected chi connectivity index (χ4v) is 6.42. The third-order valence-corrected chi connectivity index (χ3v) is 9.79. The molecule has 0 heterocycles. The van der Waals surface area contributed by atoms with E-state index in [0.717, 1.165) is 3.61 Å². The molecular weight excluding hydrogens is 303 g/mol. The summed E-state index contributed by atoms with van der Waals surface area (Å²) in [7, 11) is 2.86. The fraction of sp³-hybridized carbons (Fsp3) is 0.250. The Hall–Kier alpha value is 0.160. The van der Waals surface area contributed by atoms with Gasteiger partial charge in [-0.05, 0) is 0 Å². The van der Waals surface area contributed by atoms with Gasteiger partial charge < -0.3 is 0 Å². The summed E-state index contributed by atoms with van der Waals surface area (Å²) in [6, 6.07) is 9.69. The van der Waals surface area contributed by atoms with Gasteiger partial charge in [-0.3, -0.25) is 0 Å². The van der Waals surface area contributed by atoms with E-state index in [9.17, 15) is 4.57 Å². The topological polar surface area (TPSA) is 35.5 Å². The SMILES string of the molecule is COP(=O)(OC)[Te]c1ccccc1. The maximum atomic E-state index is 11.7. The summed E-state index contributed by atoms with van der Waals surface area (Å²) in [5.41, 5.74) is 0. The van der Waals surface area contributed by atoms with E-state index in [1.54, 1.807) is 0 Å². The zero-order chi connectivity index (χ0) is 9.73. The third kappa shape index (κ3) is 3.42. The molecule has 0 amide bonds. The van der Waals surface area contributed by atoms with Crippen molar-refractivity contribution in [1.82, 2.24) is 0 Å². The Morgan fingerprint density at radius 2 is 1.69 bits per heavy atom. The van der Waals surface area contributed by atoms with E-state index in [1.165, 1.54) is 14.2 Å². The summed E-state index contributed by atoms with van der Waals surface area (Å²) in [5, 5.41) is -2.77. The van der Waals surface area contributed by atoms with Crippen LogP contribution < -0.4 is 3.61 Å². The Bertz CT molecular complexity index is 294. The van der Waals surface area contributed by atoms with Crippen LogP contribution in [0.25, 0.3) is 0 Å². The molecule has 0 aliphatic heterocycles. The monoisotopic (exact) mass is 316 g/mol. The first-order valence-electron chi connectivity index (χ1n) is 3.66. The molecule has 0 bridgehead atoms. The van der Waals surface area contributed by atoms with Gasteiger partial charge in [-0.2, -0.15) is 0 Å². The van der Waals surface area contributed by atoms with Gasteiger partial charge in [0.1, 0.15) is 0 Å². The molecule has 0 aliphatic carbocycles. The quantitative estimate of drug-likeness (QED) is 0.623. The van der Waals surface area contributed by atoms with E-state index < -0.39 is 25.7 Å². The molecule has 0 saturated heterocycles. The van der Waals surface area contributed by atoms with E-state index in [2.05, 4.69) is 0 Å². The van der Waals surface area contributed by atoms with Crippen LogP contribution in [0.5, 0.6) is 0 Å². The summed E-state index contributed by atoms with van der Waals surface area (Å²) in [6.45, 7) is 0. The standard InChI is InChI=1S/C8H11O3PTe/c1-10-12(9,11-2)13-8-6-4-3-5-7-8/h3-7H,1-2H3. The zero-order valence-electron chi connectivity index (χ0n) is 7.47. The van der Waals surface area contributed by atoms with E-state index >= 15 is 0 Å². The normalized spacial score (nSPS) is 11.5. The molecule has 1 aromatic carbocycles. The molecule has 3 nitrogen and oxygen atoms in total. The van der Waals surface area contributed by atoms with Crippen LogP contribution in [0.1, 0.15) is 0 Å². The van der Waals surface area contributed by atoms with Crippen LogP contribution in [0, 0.1) is 0 Å². The van der Waals surface area contributed by atoms with Crippen LogP contribution in [-0.2, 0) is 13.6 Å². The van der Waals surface area contributed by atoms with E-state index in [-0.39, 0.29) is 0 Å². The van der Waals surface area contributed by atoms with Crippen molar-refractivity contribution in [2.45, 2.75) is 0 Å². The van der Waals surface area contributed by atoms with Crippen LogP contribution in [0.4, 0.5) is 0 Å². The molecule has 72 valence electrons. The van der Waals surface area contributed by atoms with E-state index in [1.807, 2.05) is 30.3 Å². The van der Waals surface area contributed by atoms with Gasteiger partial charge in [0.25, 0.3) is 0 Å². The first-order valence-corrected chi connectivity index (χ1v) is 9.41. The molecule has 0 aromatic heterocycles. The second kappa shape index (κ2) is 5.14. The van der Waals surface area contributed by atoms with Crippen molar-refractivity contribution in [3.05, 3.63) is 30.3 Å². The Labute approximate surface area is 87.4 Å². The summed E-state index contributed by atoms with van der Waals surface area (Å²) in [4.78, 5) is 0. The summed E-state index contributed by atoms with van der Waals surface area (Å²) in [6.07, 6.45) is 0. The average Bonchev–Trinajstić information content (AvgIpc) is 2.19. The van der Waals surface area contributed by atoms with Gasteiger partial charge in [-0.25, -0.2) is 0 Å². The van der Waals surface area contributed by atoms with Crippen LogP contribution >= 0.6 is 5.29 Å². The first-order chi connectivity index (χ1) is 6.20. The van der Waals surface area contributed by atoms with Crippen molar-refractivity contribution in [2.24, 2.45) is 0 Å². The Morgan fingerprint density at radius 3 is 2.15 bits per heavy atom. The Balaban J connectivity index is 2.74. The van der Waals surface area contributed by atoms with Crippen LogP contribution in [-0.4, -0.2) is 34.6 Å². The predicted molar refractivity (Wildman–Crippen MR) is 53.5 cm³/mol. The average molecular weight is 314 g/mol. The van der Waals surface area contributed by atoms with Gasteiger partial charge in [-0.15, -0.1) is 0 Å². The molecule has 0 spiro atoms. The number of rotatable bonds is 4. The molecule has 0 atom stereocenters. The molecule has 0 radical (unpaired) electrons. The molecule has 5 heteroatoms. The summed E-state index contributed by atoms with van der Waals surface area (Å²) >= 11 is -0.899.